The first-order valence-corrected chi connectivity index (χ1v) is 6.95. The standard InChI is InChI=1S/C16H14ClN3/c1-3-12-10(2)19-16(20-15(12)17)13-8-4-6-11-7-5-9-18-14(11)13/h4-9H,3H2,1-2H3. The average molecular weight is 284 g/mol. The van der Waals surface area contributed by atoms with Crippen LogP contribution >= 0.6 is 11.6 Å². The number of para-hydroxylation sites is 1. The number of halogens is 1. The molecule has 0 spiro atoms. The largest absolute Gasteiger partial charge is 0.255 e. The van der Waals surface area contributed by atoms with Gasteiger partial charge < -0.3 is 0 Å². The molecule has 0 saturated heterocycles. The van der Waals surface area contributed by atoms with E-state index < -0.39 is 0 Å². The number of aromatic nitrogens is 3. The number of hydrogen-bond acceptors (Lipinski definition) is 3. The highest BCUT2D eigenvalue weighted by atomic mass is 35.5. The second-order valence-corrected chi connectivity index (χ2v) is 4.99. The summed E-state index contributed by atoms with van der Waals surface area (Å²) in [5.74, 6) is 0.633. The van der Waals surface area contributed by atoms with Crippen LogP contribution in [0, 0.1) is 6.92 Å². The zero-order valence-corrected chi connectivity index (χ0v) is 12.1. The minimum Gasteiger partial charge on any atom is -0.255 e. The van der Waals surface area contributed by atoms with E-state index in [0.717, 1.165) is 34.1 Å². The lowest BCUT2D eigenvalue weighted by molar-refractivity contribution is 1.00. The van der Waals surface area contributed by atoms with Crippen LogP contribution in [0.2, 0.25) is 5.15 Å². The number of pyridine rings is 1. The van der Waals surface area contributed by atoms with E-state index >= 15 is 0 Å². The second kappa shape index (κ2) is 5.17. The van der Waals surface area contributed by atoms with Crippen LogP contribution < -0.4 is 0 Å². The van der Waals surface area contributed by atoms with Crippen molar-refractivity contribution in [3.05, 3.63) is 52.9 Å². The second-order valence-electron chi connectivity index (χ2n) is 4.64. The maximum absolute atomic E-state index is 6.26. The Morgan fingerprint density at radius 1 is 1.10 bits per heavy atom. The number of fused-ring (bicyclic) bond motifs is 1. The van der Waals surface area contributed by atoms with Gasteiger partial charge in [0.2, 0.25) is 0 Å². The third-order valence-electron chi connectivity index (χ3n) is 3.39. The number of benzene rings is 1. The van der Waals surface area contributed by atoms with Crippen LogP contribution in [0.1, 0.15) is 18.2 Å². The van der Waals surface area contributed by atoms with Crippen LogP contribution in [0.5, 0.6) is 0 Å². The molecule has 0 atom stereocenters. The maximum atomic E-state index is 6.26. The fraction of sp³-hybridized carbons (Fsp3) is 0.188. The molecule has 0 aliphatic carbocycles. The monoisotopic (exact) mass is 283 g/mol. The predicted molar refractivity (Wildman–Crippen MR) is 81.9 cm³/mol. The molecule has 0 N–H and O–H groups in total. The molecule has 3 rings (SSSR count). The van der Waals surface area contributed by atoms with Crippen LogP contribution in [-0.4, -0.2) is 15.0 Å². The van der Waals surface area contributed by atoms with Crippen LogP contribution in [0.4, 0.5) is 0 Å². The van der Waals surface area contributed by atoms with Gasteiger partial charge in [-0.2, -0.15) is 0 Å². The molecule has 1 aromatic carbocycles. The first-order valence-electron chi connectivity index (χ1n) is 6.58. The van der Waals surface area contributed by atoms with Crippen molar-refractivity contribution in [3.8, 4) is 11.4 Å². The van der Waals surface area contributed by atoms with Gasteiger partial charge in [-0.05, 0) is 25.5 Å². The lowest BCUT2D eigenvalue weighted by Crippen LogP contribution is -2.00. The highest BCUT2D eigenvalue weighted by Crippen LogP contribution is 2.27. The Hall–Kier alpha value is -2.00. The Balaban J connectivity index is 2.26. The Morgan fingerprint density at radius 3 is 2.65 bits per heavy atom. The molecule has 4 heteroatoms. The van der Waals surface area contributed by atoms with Gasteiger partial charge in [-0.3, -0.25) is 4.98 Å². The molecule has 0 fully saturated rings. The first kappa shape index (κ1) is 13.0. The summed E-state index contributed by atoms with van der Waals surface area (Å²) in [6, 6.07) is 9.94. The molecular formula is C16H14ClN3. The van der Waals surface area contributed by atoms with Crippen molar-refractivity contribution < 1.29 is 0 Å². The predicted octanol–water partition coefficient (Wildman–Crippen LogP) is 4.22. The molecule has 0 amide bonds. The van der Waals surface area contributed by atoms with E-state index in [-0.39, 0.29) is 0 Å². The highest BCUT2D eigenvalue weighted by molar-refractivity contribution is 6.30. The Bertz CT molecular complexity index is 755. The summed E-state index contributed by atoms with van der Waals surface area (Å²) in [7, 11) is 0. The van der Waals surface area contributed by atoms with E-state index in [2.05, 4.69) is 21.9 Å². The molecule has 0 radical (unpaired) electrons. The molecule has 0 bridgehead atoms. The molecule has 2 aromatic heterocycles. The summed E-state index contributed by atoms with van der Waals surface area (Å²) in [5.41, 5.74) is 3.74. The smallest absolute Gasteiger partial charge is 0.163 e. The van der Waals surface area contributed by atoms with Crippen molar-refractivity contribution in [2.75, 3.05) is 0 Å². The van der Waals surface area contributed by atoms with Crippen molar-refractivity contribution >= 4 is 22.5 Å². The van der Waals surface area contributed by atoms with Crippen molar-refractivity contribution in [3.63, 3.8) is 0 Å². The lowest BCUT2D eigenvalue weighted by Gasteiger charge is -2.09. The van der Waals surface area contributed by atoms with E-state index in [1.165, 1.54) is 0 Å². The van der Waals surface area contributed by atoms with Gasteiger partial charge >= 0.3 is 0 Å². The summed E-state index contributed by atoms with van der Waals surface area (Å²) < 4.78 is 0. The van der Waals surface area contributed by atoms with Gasteiger partial charge in [-0.25, -0.2) is 9.97 Å². The molecule has 100 valence electrons. The topological polar surface area (TPSA) is 38.7 Å². The van der Waals surface area contributed by atoms with Crippen molar-refractivity contribution in [2.24, 2.45) is 0 Å². The van der Waals surface area contributed by atoms with E-state index in [1.807, 2.05) is 37.3 Å². The van der Waals surface area contributed by atoms with Gasteiger partial charge in [0.15, 0.2) is 5.82 Å². The average Bonchev–Trinajstić information content (AvgIpc) is 2.46. The Morgan fingerprint density at radius 2 is 1.90 bits per heavy atom. The van der Waals surface area contributed by atoms with Gasteiger partial charge in [-0.15, -0.1) is 0 Å². The van der Waals surface area contributed by atoms with Gasteiger partial charge in [0.1, 0.15) is 5.15 Å². The molecule has 0 aliphatic heterocycles. The molecule has 3 nitrogen and oxygen atoms in total. The fourth-order valence-corrected chi connectivity index (χ4v) is 2.72. The van der Waals surface area contributed by atoms with E-state index in [4.69, 9.17) is 11.6 Å². The molecule has 0 unspecified atom stereocenters. The number of rotatable bonds is 2. The molecule has 2 heterocycles. The Kier molecular flexibility index (Phi) is 3.36. The third-order valence-corrected chi connectivity index (χ3v) is 3.70. The molecule has 3 aromatic rings. The molecular weight excluding hydrogens is 270 g/mol. The maximum Gasteiger partial charge on any atom is 0.163 e. The number of nitrogens with zero attached hydrogens (tertiary/aromatic N) is 3. The molecule has 0 aliphatic rings. The SMILES string of the molecule is CCc1c(C)nc(-c2cccc3cccnc23)nc1Cl. The summed E-state index contributed by atoms with van der Waals surface area (Å²) in [6.45, 7) is 4.02. The number of aryl methyl sites for hydroxylation is 1. The minimum absolute atomic E-state index is 0.530. The van der Waals surface area contributed by atoms with Gasteiger partial charge in [-0.1, -0.05) is 36.7 Å². The van der Waals surface area contributed by atoms with Crippen LogP contribution in [-0.2, 0) is 6.42 Å². The third kappa shape index (κ3) is 2.14. The zero-order valence-electron chi connectivity index (χ0n) is 11.4. The quantitative estimate of drug-likeness (QED) is 0.661. The van der Waals surface area contributed by atoms with Crippen LogP contribution in [0.25, 0.3) is 22.3 Å². The van der Waals surface area contributed by atoms with Crippen molar-refractivity contribution in [1.82, 2.24) is 15.0 Å². The van der Waals surface area contributed by atoms with Crippen LogP contribution in [0.3, 0.4) is 0 Å². The first-order chi connectivity index (χ1) is 9.70. The van der Waals surface area contributed by atoms with Crippen LogP contribution in [0.15, 0.2) is 36.5 Å². The number of hydrogen-bond donors (Lipinski definition) is 0. The summed E-state index contributed by atoms with van der Waals surface area (Å²) in [4.78, 5) is 13.5. The lowest BCUT2D eigenvalue weighted by atomic mass is 10.1. The normalized spacial score (nSPS) is 10.9. The Labute approximate surface area is 122 Å². The van der Waals surface area contributed by atoms with Gasteiger partial charge in [0.05, 0.1) is 5.52 Å². The highest BCUT2D eigenvalue weighted by Gasteiger charge is 2.12. The van der Waals surface area contributed by atoms with Crippen molar-refractivity contribution in [2.45, 2.75) is 20.3 Å². The van der Waals surface area contributed by atoms with Crippen molar-refractivity contribution in [1.29, 1.82) is 0 Å². The summed E-state index contributed by atoms with van der Waals surface area (Å²) in [5, 5.41) is 1.60. The molecule has 0 saturated carbocycles. The van der Waals surface area contributed by atoms with E-state index in [1.54, 1.807) is 6.20 Å². The van der Waals surface area contributed by atoms with E-state index in [9.17, 15) is 0 Å². The fourth-order valence-electron chi connectivity index (χ4n) is 2.37. The molecule has 20 heavy (non-hydrogen) atoms. The van der Waals surface area contributed by atoms with Gasteiger partial charge in [0, 0.05) is 28.4 Å². The van der Waals surface area contributed by atoms with E-state index in [0.29, 0.717) is 11.0 Å². The summed E-state index contributed by atoms with van der Waals surface area (Å²) in [6.07, 6.45) is 2.61. The minimum atomic E-state index is 0.530. The van der Waals surface area contributed by atoms with Gasteiger partial charge in [0.25, 0.3) is 0 Å². The zero-order chi connectivity index (χ0) is 14.1. The summed E-state index contributed by atoms with van der Waals surface area (Å²) >= 11 is 6.26.